The van der Waals surface area contributed by atoms with Gasteiger partial charge in [0.2, 0.25) is 0 Å². The maximum atomic E-state index is 10.6. The highest BCUT2D eigenvalue weighted by Gasteiger charge is 2.09. The molecule has 82 valence electrons. The van der Waals surface area contributed by atoms with Crippen molar-refractivity contribution in [3.05, 3.63) is 34.5 Å². The monoisotopic (exact) mass is 219 g/mol. The summed E-state index contributed by atoms with van der Waals surface area (Å²) in [5, 5.41) is 15.5. The second-order valence-corrected chi connectivity index (χ2v) is 3.32. The molecule has 1 heterocycles. The molecule has 1 aromatic carbocycles. The summed E-state index contributed by atoms with van der Waals surface area (Å²) in [4.78, 5) is 20.4. The molecule has 0 spiro atoms. The molecule has 0 fully saturated rings. The maximum Gasteiger partial charge on any atom is 0.271 e. The van der Waals surface area contributed by atoms with Crippen molar-refractivity contribution in [3.8, 4) is 0 Å². The zero-order valence-electron chi connectivity index (χ0n) is 8.37. The van der Waals surface area contributed by atoms with Gasteiger partial charge in [-0.3, -0.25) is 14.8 Å². The summed E-state index contributed by atoms with van der Waals surface area (Å²) >= 11 is 0. The van der Waals surface area contributed by atoms with Gasteiger partial charge in [0.25, 0.3) is 5.69 Å². The van der Waals surface area contributed by atoms with E-state index in [1.165, 1.54) is 12.1 Å². The predicted octanol–water partition coefficient (Wildman–Crippen LogP) is 1.53. The summed E-state index contributed by atoms with van der Waals surface area (Å²) in [7, 11) is 0. The van der Waals surface area contributed by atoms with Crippen LogP contribution in [-0.4, -0.2) is 21.0 Å². The molecule has 0 saturated carbocycles. The lowest BCUT2D eigenvalue weighted by Crippen LogP contribution is -2.00. The summed E-state index contributed by atoms with van der Waals surface area (Å²) in [6.45, 7) is 0.439. The van der Waals surface area contributed by atoms with Gasteiger partial charge in [0.15, 0.2) is 0 Å². The molecule has 0 amide bonds. The third kappa shape index (κ3) is 1.77. The van der Waals surface area contributed by atoms with E-state index in [9.17, 15) is 14.9 Å². The molecule has 0 N–H and O–H groups in total. The van der Waals surface area contributed by atoms with Gasteiger partial charge in [0.1, 0.15) is 6.29 Å². The van der Waals surface area contributed by atoms with Gasteiger partial charge >= 0.3 is 0 Å². The number of nitro benzene ring substituents is 1. The molecule has 0 atom stereocenters. The highest BCUT2D eigenvalue weighted by Crippen LogP contribution is 2.20. The summed E-state index contributed by atoms with van der Waals surface area (Å²) in [6, 6.07) is 4.55. The zero-order chi connectivity index (χ0) is 11.5. The second-order valence-electron chi connectivity index (χ2n) is 3.32. The van der Waals surface area contributed by atoms with E-state index in [0.717, 1.165) is 11.7 Å². The molecule has 0 unspecified atom stereocenters. The highest BCUT2D eigenvalue weighted by atomic mass is 16.6. The summed E-state index contributed by atoms with van der Waals surface area (Å²) in [6.07, 6.45) is 2.77. The number of carbonyl (C=O) groups is 1. The number of non-ortho nitro benzene ring substituents is 1. The minimum Gasteiger partial charge on any atom is -0.303 e. The first-order valence-corrected chi connectivity index (χ1v) is 4.76. The van der Waals surface area contributed by atoms with Crippen LogP contribution in [0.25, 0.3) is 10.9 Å². The Labute approximate surface area is 90.6 Å². The van der Waals surface area contributed by atoms with E-state index in [1.807, 2.05) is 0 Å². The van der Waals surface area contributed by atoms with E-state index >= 15 is 0 Å². The van der Waals surface area contributed by atoms with Gasteiger partial charge in [-0.1, -0.05) is 0 Å². The Morgan fingerprint density at radius 2 is 2.31 bits per heavy atom. The van der Waals surface area contributed by atoms with Crippen molar-refractivity contribution in [3.63, 3.8) is 0 Å². The fourth-order valence-electron chi connectivity index (χ4n) is 1.53. The number of rotatable bonds is 4. The van der Waals surface area contributed by atoms with Gasteiger partial charge in [-0.2, -0.15) is 5.10 Å². The third-order valence-electron chi connectivity index (χ3n) is 2.30. The Hall–Kier alpha value is -2.24. The molecule has 16 heavy (non-hydrogen) atoms. The molecule has 0 aliphatic rings. The average Bonchev–Trinajstić information content (AvgIpc) is 2.68. The molecule has 0 saturated heterocycles. The van der Waals surface area contributed by atoms with E-state index in [0.29, 0.717) is 18.5 Å². The maximum absolute atomic E-state index is 10.6. The largest absolute Gasteiger partial charge is 0.303 e. The van der Waals surface area contributed by atoms with Crippen LogP contribution < -0.4 is 0 Å². The van der Waals surface area contributed by atoms with Crippen LogP contribution in [0.1, 0.15) is 6.42 Å². The van der Waals surface area contributed by atoms with Crippen LogP contribution in [-0.2, 0) is 11.3 Å². The number of benzene rings is 1. The molecule has 0 bridgehead atoms. The van der Waals surface area contributed by atoms with Crippen molar-refractivity contribution in [2.75, 3.05) is 0 Å². The van der Waals surface area contributed by atoms with Crippen LogP contribution in [0.2, 0.25) is 0 Å². The molecule has 2 aromatic rings. The number of hydrogen-bond donors (Lipinski definition) is 0. The summed E-state index contributed by atoms with van der Waals surface area (Å²) in [5.41, 5.74) is 0.705. The second kappa shape index (κ2) is 4.09. The minimum absolute atomic E-state index is 0.0281. The standard InChI is InChI=1S/C10H9N3O3/c14-5-1-4-12-10-6-9(13(15)16)3-2-8(10)7-11-12/h2-3,5-7H,1,4H2. The molecule has 0 aliphatic carbocycles. The van der Waals surface area contributed by atoms with Crippen molar-refractivity contribution in [2.45, 2.75) is 13.0 Å². The normalized spacial score (nSPS) is 10.5. The predicted molar refractivity (Wildman–Crippen MR) is 57.1 cm³/mol. The minimum atomic E-state index is -0.448. The number of aryl methyl sites for hydroxylation is 1. The first-order valence-electron chi connectivity index (χ1n) is 4.76. The van der Waals surface area contributed by atoms with Crippen molar-refractivity contribution in [1.29, 1.82) is 0 Å². The van der Waals surface area contributed by atoms with Crippen LogP contribution in [0.15, 0.2) is 24.4 Å². The summed E-state index contributed by atoms with van der Waals surface area (Å²) in [5.74, 6) is 0. The van der Waals surface area contributed by atoms with Gasteiger partial charge < -0.3 is 4.79 Å². The van der Waals surface area contributed by atoms with Gasteiger partial charge in [-0.05, 0) is 6.07 Å². The van der Waals surface area contributed by atoms with Crippen molar-refractivity contribution in [1.82, 2.24) is 9.78 Å². The smallest absolute Gasteiger partial charge is 0.271 e. The molecular weight excluding hydrogens is 210 g/mol. The quantitative estimate of drug-likeness (QED) is 0.443. The molecule has 6 nitrogen and oxygen atoms in total. The van der Waals surface area contributed by atoms with Crippen molar-refractivity contribution >= 4 is 22.9 Å². The molecule has 2 rings (SSSR count). The van der Waals surface area contributed by atoms with E-state index in [2.05, 4.69) is 5.10 Å². The number of aromatic nitrogens is 2. The Kier molecular flexibility index (Phi) is 2.63. The van der Waals surface area contributed by atoms with Gasteiger partial charge in [0, 0.05) is 30.5 Å². The van der Waals surface area contributed by atoms with E-state index in [4.69, 9.17) is 0 Å². The number of nitro groups is 1. The topological polar surface area (TPSA) is 78.0 Å². The van der Waals surface area contributed by atoms with Crippen LogP contribution in [0.3, 0.4) is 0 Å². The third-order valence-corrected chi connectivity index (χ3v) is 2.30. The molecule has 1 aromatic heterocycles. The van der Waals surface area contributed by atoms with Crippen LogP contribution in [0.5, 0.6) is 0 Å². The van der Waals surface area contributed by atoms with Gasteiger partial charge in [-0.15, -0.1) is 0 Å². The first kappa shape index (κ1) is 10.3. The highest BCUT2D eigenvalue weighted by molar-refractivity contribution is 5.81. The SMILES string of the molecule is O=CCCn1ncc2ccc([N+](=O)[O-])cc21. The van der Waals surface area contributed by atoms with Crippen LogP contribution in [0.4, 0.5) is 5.69 Å². The number of aldehydes is 1. The Morgan fingerprint density at radius 1 is 1.50 bits per heavy atom. The fraction of sp³-hybridized carbons (Fsp3) is 0.200. The zero-order valence-corrected chi connectivity index (χ0v) is 8.37. The molecule has 0 aliphatic heterocycles. The molecule has 6 heteroatoms. The number of nitrogens with zero attached hydrogens (tertiary/aromatic N) is 3. The van der Waals surface area contributed by atoms with Gasteiger partial charge in [-0.25, -0.2) is 0 Å². The fourth-order valence-corrected chi connectivity index (χ4v) is 1.53. The lowest BCUT2D eigenvalue weighted by atomic mass is 10.2. The van der Waals surface area contributed by atoms with Crippen LogP contribution >= 0.6 is 0 Å². The Morgan fingerprint density at radius 3 is 3.00 bits per heavy atom. The average molecular weight is 219 g/mol. The Bertz CT molecular complexity index is 547. The van der Waals surface area contributed by atoms with E-state index < -0.39 is 4.92 Å². The Balaban J connectivity index is 2.46. The number of carbonyl (C=O) groups excluding carboxylic acids is 1. The summed E-state index contributed by atoms with van der Waals surface area (Å²) < 4.78 is 1.59. The lowest BCUT2D eigenvalue weighted by molar-refractivity contribution is -0.384. The number of fused-ring (bicyclic) bond motifs is 1. The van der Waals surface area contributed by atoms with Crippen molar-refractivity contribution in [2.24, 2.45) is 0 Å². The molecule has 0 radical (unpaired) electrons. The lowest BCUT2D eigenvalue weighted by Gasteiger charge is -1.99. The molecular formula is C10H9N3O3. The van der Waals surface area contributed by atoms with E-state index in [1.54, 1.807) is 16.9 Å². The van der Waals surface area contributed by atoms with Crippen LogP contribution in [0, 0.1) is 10.1 Å². The first-order chi connectivity index (χ1) is 7.72. The number of hydrogen-bond acceptors (Lipinski definition) is 4. The van der Waals surface area contributed by atoms with Gasteiger partial charge in [0.05, 0.1) is 16.6 Å². The van der Waals surface area contributed by atoms with Crippen molar-refractivity contribution < 1.29 is 9.72 Å². The van der Waals surface area contributed by atoms with E-state index in [-0.39, 0.29) is 5.69 Å².